The summed E-state index contributed by atoms with van der Waals surface area (Å²) in [6.45, 7) is 1.76. The van der Waals surface area contributed by atoms with Crippen LogP contribution < -0.4 is 16.4 Å². The Kier molecular flexibility index (Phi) is 7.40. The van der Waals surface area contributed by atoms with Crippen LogP contribution in [0.5, 0.6) is 0 Å². The Morgan fingerprint density at radius 1 is 1.03 bits per heavy atom. The summed E-state index contributed by atoms with van der Waals surface area (Å²) >= 11 is 0. The summed E-state index contributed by atoms with van der Waals surface area (Å²) in [5.74, 6) is -4.51. The molecule has 0 bridgehead atoms. The Labute approximate surface area is 189 Å². The number of carbonyl (C=O) groups excluding carboxylic acids is 3. The summed E-state index contributed by atoms with van der Waals surface area (Å²) in [6.07, 6.45) is -5.68. The normalized spacial score (nSPS) is 17.1. The summed E-state index contributed by atoms with van der Waals surface area (Å²) in [7, 11) is 0. The Morgan fingerprint density at radius 2 is 1.67 bits per heavy atom. The minimum absolute atomic E-state index is 0.160. The molecule has 2 aromatic rings. The lowest BCUT2D eigenvalue weighted by Gasteiger charge is -2.27. The number of halogens is 3. The number of anilines is 1. The third kappa shape index (κ3) is 5.71. The van der Waals surface area contributed by atoms with Crippen LogP contribution in [0.25, 0.3) is 11.1 Å². The highest BCUT2D eigenvalue weighted by atomic mass is 19.4. The van der Waals surface area contributed by atoms with Gasteiger partial charge in [0.2, 0.25) is 11.8 Å². The standard InChI is InChI=1S/C24H26F3N3O3/c1-2-7-18(17(21(28)31)12-13-24(25,26)27)22(32)30-20-16-10-4-3-8-14(16)15-9-5-6-11-19(15)29-23(20)33/h3-6,8-11,17-18,20H,2,7,12-13H2,1H3,(H2,28,31)(H,29,33)(H,30,32)/t17-,18+,20+/m1/s1. The van der Waals surface area contributed by atoms with Crippen LogP contribution in [0.1, 0.15) is 44.2 Å². The summed E-state index contributed by atoms with van der Waals surface area (Å²) in [6, 6.07) is 13.2. The zero-order valence-corrected chi connectivity index (χ0v) is 18.1. The van der Waals surface area contributed by atoms with E-state index in [2.05, 4.69) is 10.6 Å². The molecule has 3 atom stereocenters. The zero-order chi connectivity index (χ0) is 24.2. The second kappa shape index (κ2) is 10.1. The van der Waals surface area contributed by atoms with Gasteiger partial charge in [-0.05, 0) is 30.0 Å². The van der Waals surface area contributed by atoms with Gasteiger partial charge in [0.15, 0.2) is 0 Å². The molecule has 4 N–H and O–H groups in total. The number of nitrogens with two attached hydrogens (primary N) is 1. The molecule has 1 aliphatic rings. The molecule has 0 radical (unpaired) electrons. The van der Waals surface area contributed by atoms with Gasteiger partial charge in [-0.2, -0.15) is 13.2 Å². The molecule has 2 aromatic carbocycles. The average Bonchev–Trinajstić information content (AvgIpc) is 2.87. The highest BCUT2D eigenvalue weighted by Crippen LogP contribution is 2.37. The van der Waals surface area contributed by atoms with Crippen molar-refractivity contribution in [3.8, 4) is 11.1 Å². The van der Waals surface area contributed by atoms with Crippen LogP contribution in [0.2, 0.25) is 0 Å². The van der Waals surface area contributed by atoms with Crippen molar-refractivity contribution in [1.82, 2.24) is 5.32 Å². The average molecular weight is 461 g/mol. The molecule has 3 amide bonds. The van der Waals surface area contributed by atoms with E-state index in [9.17, 15) is 27.6 Å². The van der Waals surface area contributed by atoms with Crippen molar-refractivity contribution in [2.24, 2.45) is 17.6 Å². The Balaban J connectivity index is 1.92. The number of hydrogen-bond acceptors (Lipinski definition) is 3. The van der Waals surface area contributed by atoms with Crippen molar-refractivity contribution >= 4 is 23.4 Å². The first kappa shape index (κ1) is 24.3. The maximum atomic E-state index is 13.2. The molecule has 1 heterocycles. The molecular formula is C24H26F3N3O3. The van der Waals surface area contributed by atoms with Gasteiger partial charge in [-0.1, -0.05) is 55.8 Å². The van der Waals surface area contributed by atoms with E-state index in [4.69, 9.17) is 5.73 Å². The van der Waals surface area contributed by atoms with E-state index in [1.54, 1.807) is 31.2 Å². The Bertz CT molecular complexity index is 1040. The third-order valence-corrected chi connectivity index (χ3v) is 5.82. The number of para-hydroxylation sites is 1. The van der Waals surface area contributed by atoms with Crippen LogP contribution in [0.15, 0.2) is 48.5 Å². The summed E-state index contributed by atoms with van der Waals surface area (Å²) in [5.41, 5.74) is 8.04. The van der Waals surface area contributed by atoms with E-state index in [0.29, 0.717) is 17.7 Å². The lowest BCUT2D eigenvalue weighted by Crippen LogP contribution is -2.44. The van der Waals surface area contributed by atoms with Crippen LogP contribution in [-0.4, -0.2) is 23.9 Å². The molecule has 0 saturated heterocycles. The lowest BCUT2D eigenvalue weighted by molar-refractivity contribution is -0.146. The first-order valence-corrected chi connectivity index (χ1v) is 10.8. The van der Waals surface area contributed by atoms with Gasteiger partial charge in [0.25, 0.3) is 5.91 Å². The van der Waals surface area contributed by atoms with E-state index < -0.39 is 54.6 Å². The van der Waals surface area contributed by atoms with Crippen LogP contribution in [-0.2, 0) is 14.4 Å². The van der Waals surface area contributed by atoms with Gasteiger partial charge in [-0.15, -0.1) is 0 Å². The van der Waals surface area contributed by atoms with E-state index in [1.165, 1.54) is 0 Å². The number of benzene rings is 2. The first-order chi connectivity index (χ1) is 15.6. The van der Waals surface area contributed by atoms with Gasteiger partial charge in [-0.3, -0.25) is 14.4 Å². The van der Waals surface area contributed by atoms with E-state index in [0.717, 1.165) is 11.1 Å². The van der Waals surface area contributed by atoms with Gasteiger partial charge < -0.3 is 16.4 Å². The molecule has 3 rings (SSSR count). The monoisotopic (exact) mass is 461 g/mol. The fourth-order valence-electron chi connectivity index (χ4n) is 4.25. The zero-order valence-electron chi connectivity index (χ0n) is 18.1. The van der Waals surface area contributed by atoms with Crippen LogP contribution in [0.3, 0.4) is 0 Å². The number of hydrogen-bond donors (Lipinski definition) is 3. The quantitative estimate of drug-likeness (QED) is 0.546. The van der Waals surface area contributed by atoms with Gasteiger partial charge in [0, 0.05) is 29.5 Å². The van der Waals surface area contributed by atoms with Gasteiger partial charge in [0.1, 0.15) is 6.04 Å². The molecule has 0 fully saturated rings. The second-order valence-corrected chi connectivity index (χ2v) is 8.12. The van der Waals surface area contributed by atoms with Crippen LogP contribution in [0, 0.1) is 11.8 Å². The number of rotatable bonds is 8. The van der Waals surface area contributed by atoms with Gasteiger partial charge in [0.05, 0.1) is 0 Å². The van der Waals surface area contributed by atoms with Crippen molar-refractivity contribution in [3.05, 3.63) is 54.1 Å². The Morgan fingerprint density at radius 3 is 2.30 bits per heavy atom. The molecule has 9 heteroatoms. The lowest BCUT2D eigenvalue weighted by atomic mass is 9.83. The number of alkyl halides is 3. The molecule has 0 aromatic heterocycles. The van der Waals surface area contributed by atoms with Crippen LogP contribution in [0.4, 0.5) is 18.9 Å². The molecule has 0 unspecified atom stereocenters. The summed E-state index contributed by atoms with van der Waals surface area (Å²) in [4.78, 5) is 38.3. The fourth-order valence-corrected chi connectivity index (χ4v) is 4.25. The highest BCUT2D eigenvalue weighted by Gasteiger charge is 2.38. The van der Waals surface area contributed by atoms with Crippen molar-refractivity contribution in [1.29, 1.82) is 0 Å². The fraction of sp³-hybridized carbons (Fsp3) is 0.375. The van der Waals surface area contributed by atoms with Gasteiger partial charge >= 0.3 is 6.18 Å². The smallest absolute Gasteiger partial charge is 0.369 e. The van der Waals surface area contributed by atoms with Crippen molar-refractivity contribution in [2.75, 3.05) is 5.32 Å². The molecule has 0 aliphatic carbocycles. The number of primary amides is 1. The number of fused-ring (bicyclic) bond motifs is 3. The predicted octanol–water partition coefficient (Wildman–Crippen LogP) is 4.32. The van der Waals surface area contributed by atoms with Gasteiger partial charge in [-0.25, -0.2) is 0 Å². The van der Waals surface area contributed by atoms with Crippen molar-refractivity contribution < 1.29 is 27.6 Å². The number of nitrogens with one attached hydrogen (secondary N) is 2. The predicted molar refractivity (Wildman–Crippen MR) is 118 cm³/mol. The van der Waals surface area contributed by atoms with E-state index in [-0.39, 0.29) is 6.42 Å². The molecular weight excluding hydrogens is 435 g/mol. The van der Waals surface area contributed by atoms with Crippen LogP contribution >= 0.6 is 0 Å². The number of amides is 3. The molecule has 6 nitrogen and oxygen atoms in total. The van der Waals surface area contributed by atoms with Crippen molar-refractivity contribution in [2.45, 2.75) is 44.8 Å². The molecule has 0 saturated carbocycles. The molecule has 176 valence electrons. The summed E-state index contributed by atoms with van der Waals surface area (Å²) < 4.78 is 38.4. The number of carbonyl (C=O) groups is 3. The van der Waals surface area contributed by atoms with E-state index >= 15 is 0 Å². The topological polar surface area (TPSA) is 101 Å². The van der Waals surface area contributed by atoms with E-state index in [1.807, 2.05) is 24.3 Å². The third-order valence-electron chi connectivity index (χ3n) is 5.82. The maximum Gasteiger partial charge on any atom is 0.389 e. The largest absolute Gasteiger partial charge is 0.389 e. The Hall–Kier alpha value is -3.36. The molecule has 0 spiro atoms. The molecule has 33 heavy (non-hydrogen) atoms. The maximum absolute atomic E-state index is 13.2. The SMILES string of the molecule is CCC[C@H](C(=O)N[C@@H]1C(=O)Nc2ccccc2-c2ccccc21)[C@@H](CCC(F)(F)F)C(N)=O. The summed E-state index contributed by atoms with van der Waals surface area (Å²) in [5, 5.41) is 5.48. The highest BCUT2D eigenvalue weighted by molar-refractivity contribution is 6.04. The minimum atomic E-state index is -4.48. The first-order valence-electron chi connectivity index (χ1n) is 10.8. The second-order valence-electron chi connectivity index (χ2n) is 8.12. The minimum Gasteiger partial charge on any atom is -0.369 e. The van der Waals surface area contributed by atoms with Crippen molar-refractivity contribution in [3.63, 3.8) is 0 Å². The molecule has 1 aliphatic heterocycles.